The molecule has 0 radical (unpaired) electrons. The van der Waals surface area contributed by atoms with E-state index in [0.717, 1.165) is 26.8 Å². The van der Waals surface area contributed by atoms with Crippen LogP contribution in [0.5, 0.6) is 0 Å². The third-order valence-corrected chi connectivity index (χ3v) is 6.21. The summed E-state index contributed by atoms with van der Waals surface area (Å²) >= 11 is 8.01. The molecule has 0 saturated carbocycles. The van der Waals surface area contributed by atoms with Crippen LogP contribution in [0.3, 0.4) is 0 Å². The molecule has 0 aliphatic rings. The van der Waals surface area contributed by atoms with Crippen molar-refractivity contribution in [2.24, 2.45) is 0 Å². The van der Waals surface area contributed by atoms with E-state index in [1.165, 1.54) is 11.3 Å². The molecule has 4 aromatic rings. The lowest BCUT2D eigenvalue weighted by Crippen LogP contribution is -2.27. The van der Waals surface area contributed by atoms with E-state index in [-0.39, 0.29) is 18.7 Å². The number of nitrogens with zero attached hydrogens (tertiary/aromatic N) is 3. The van der Waals surface area contributed by atoms with Gasteiger partial charge in [-0.2, -0.15) is 0 Å². The van der Waals surface area contributed by atoms with Gasteiger partial charge in [0.1, 0.15) is 0 Å². The second-order valence-corrected chi connectivity index (χ2v) is 9.42. The summed E-state index contributed by atoms with van der Waals surface area (Å²) in [5.74, 6) is 0.434. The highest BCUT2D eigenvalue weighted by molar-refractivity contribution is 7.18. The van der Waals surface area contributed by atoms with Gasteiger partial charge in [-0.05, 0) is 38.0 Å². The molecule has 2 heterocycles. The molecule has 6 nitrogen and oxygen atoms in total. The second kappa shape index (κ2) is 10.7. The summed E-state index contributed by atoms with van der Waals surface area (Å²) in [6.07, 6.45) is 2.46. The zero-order valence-electron chi connectivity index (χ0n) is 18.5. The Labute approximate surface area is 202 Å². The molecule has 0 spiro atoms. The van der Waals surface area contributed by atoms with Gasteiger partial charge in [0, 0.05) is 22.8 Å². The zero-order chi connectivity index (χ0) is 23.2. The van der Waals surface area contributed by atoms with Gasteiger partial charge in [0.2, 0.25) is 5.95 Å². The van der Waals surface area contributed by atoms with Crippen LogP contribution in [0.2, 0.25) is 5.02 Å². The lowest BCUT2D eigenvalue weighted by atomic mass is 10.1. The first-order valence-corrected chi connectivity index (χ1v) is 12.0. The Hall–Kier alpha value is -3.00. The van der Waals surface area contributed by atoms with Crippen molar-refractivity contribution in [3.05, 3.63) is 77.4 Å². The fourth-order valence-electron chi connectivity index (χ4n) is 3.39. The third-order valence-electron chi connectivity index (χ3n) is 4.92. The van der Waals surface area contributed by atoms with Gasteiger partial charge in [-0.3, -0.25) is 0 Å². The lowest BCUT2D eigenvalue weighted by molar-refractivity contribution is 0.273. The molecule has 0 fully saturated rings. The molecule has 8 heteroatoms. The van der Waals surface area contributed by atoms with Crippen LogP contribution in [-0.2, 0) is 6.42 Å². The first kappa shape index (κ1) is 23.2. The smallest absolute Gasteiger partial charge is 0.224 e. The summed E-state index contributed by atoms with van der Waals surface area (Å²) in [5, 5.41) is 18.1. The highest BCUT2D eigenvalue weighted by Crippen LogP contribution is 2.33. The average Bonchev–Trinajstić information content (AvgIpc) is 3.27. The Balaban J connectivity index is 1.69. The molecule has 2 aromatic heterocycles. The number of benzene rings is 2. The van der Waals surface area contributed by atoms with Crippen molar-refractivity contribution in [3.8, 4) is 21.8 Å². The Bertz CT molecular complexity index is 1200. The third kappa shape index (κ3) is 6.07. The van der Waals surface area contributed by atoms with E-state index in [0.29, 0.717) is 23.1 Å². The number of aliphatic hydroxyl groups is 1. The van der Waals surface area contributed by atoms with Gasteiger partial charge in [-0.1, -0.05) is 71.5 Å². The largest absolute Gasteiger partial charge is 0.394 e. The topological polar surface area (TPSA) is 83.0 Å². The quantitative estimate of drug-likeness (QED) is 0.283. The number of rotatable bonds is 9. The monoisotopic (exact) mass is 479 g/mol. The minimum Gasteiger partial charge on any atom is -0.394 e. The van der Waals surface area contributed by atoms with E-state index in [4.69, 9.17) is 21.6 Å². The lowest BCUT2D eigenvalue weighted by Gasteiger charge is -2.17. The maximum atomic E-state index is 10.00. The number of thiazole rings is 1. The molecule has 0 bridgehead atoms. The van der Waals surface area contributed by atoms with Crippen molar-refractivity contribution in [1.29, 1.82) is 0 Å². The predicted octanol–water partition coefficient (Wildman–Crippen LogP) is 5.76. The van der Waals surface area contributed by atoms with E-state index < -0.39 is 0 Å². The molecule has 33 heavy (non-hydrogen) atoms. The summed E-state index contributed by atoms with van der Waals surface area (Å²) in [6.45, 7) is 4.10. The molecule has 3 N–H and O–H groups in total. The zero-order valence-corrected chi connectivity index (χ0v) is 20.1. The molecule has 0 unspecified atom stereocenters. The fourth-order valence-corrected chi connectivity index (χ4v) is 4.55. The summed E-state index contributed by atoms with van der Waals surface area (Å²) in [5.41, 5.74) is 3.39. The molecule has 1 atom stereocenters. The number of hydrogen-bond donors (Lipinski definition) is 3. The number of aromatic nitrogens is 3. The van der Waals surface area contributed by atoms with E-state index >= 15 is 0 Å². The van der Waals surface area contributed by atoms with Gasteiger partial charge in [0.25, 0.3) is 0 Å². The maximum absolute atomic E-state index is 10.00. The summed E-state index contributed by atoms with van der Waals surface area (Å²) in [4.78, 5) is 14.9. The first-order chi connectivity index (χ1) is 16.0. The van der Waals surface area contributed by atoms with Crippen LogP contribution in [0.25, 0.3) is 21.8 Å². The van der Waals surface area contributed by atoms with E-state index in [9.17, 15) is 5.11 Å². The van der Waals surface area contributed by atoms with Crippen molar-refractivity contribution < 1.29 is 5.11 Å². The van der Waals surface area contributed by atoms with Crippen molar-refractivity contribution in [3.63, 3.8) is 0 Å². The second-order valence-electron chi connectivity index (χ2n) is 7.98. The average molecular weight is 480 g/mol. The number of aliphatic hydroxyl groups excluding tert-OH is 1. The van der Waals surface area contributed by atoms with Crippen molar-refractivity contribution in [1.82, 2.24) is 15.0 Å². The molecule has 4 rings (SSSR count). The molecular weight excluding hydrogens is 454 g/mol. The van der Waals surface area contributed by atoms with Crippen LogP contribution in [0.1, 0.15) is 19.4 Å². The van der Waals surface area contributed by atoms with Crippen LogP contribution >= 0.6 is 22.9 Å². The van der Waals surface area contributed by atoms with Crippen molar-refractivity contribution >= 4 is 34.0 Å². The van der Waals surface area contributed by atoms with Gasteiger partial charge in [0.15, 0.2) is 5.13 Å². The van der Waals surface area contributed by atoms with E-state index in [2.05, 4.69) is 29.5 Å². The van der Waals surface area contributed by atoms with Crippen LogP contribution in [0.15, 0.2) is 66.9 Å². The molecular formula is C25H26ClN5OS. The van der Waals surface area contributed by atoms with Gasteiger partial charge < -0.3 is 15.7 Å². The van der Waals surface area contributed by atoms with Crippen molar-refractivity contribution in [2.45, 2.75) is 32.4 Å². The van der Waals surface area contributed by atoms with Gasteiger partial charge in [-0.15, -0.1) is 0 Å². The molecule has 0 saturated heterocycles. The van der Waals surface area contributed by atoms with Crippen molar-refractivity contribution in [2.75, 3.05) is 17.2 Å². The van der Waals surface area contributed by atoms with Crippen LogP contribution < -0.4 is 10.6 Å². The SMILES string of the molecule is CC(C)Nc1ncc(-c2cc(-c3ccccc3Cl)nc(N[C@H](CO)Cc3ccccc3)n2)s1. The highest BCUT2D eigenvalue weighted by Gasteiger charge is 2.16. The Morgan fingerprint density at radius 1 is 0.970 bits per heavy atom. The summed E-state index contributed by atoms with van der Waals surface area (Å²) in [6, 6.07) is 19.6. The first-order valence-electron chi connectivity index (χ1n) is 10.8. The summed E-state index contributed by atoms with van der Waals surface area (Å²) < 4.78 is 0. The Morgan fingerprint density at radius 3 is 2.42 bits per heavy atom. The van der Waals surface area contributed by atoms with Crippen LogP contribution in [0.4, 0.5) is 11.1 Å². The summed E-state index contributed by atoms with van der Waals surface area (Å²) in [7, 11) is 0. The Kier molecular flexibility index (Phi) is 7.54. The Morgan fingerprint density at radius 2 is 1.70 bits per heavy atom. The molecule has 0 aliphatic carbocycles. The van der Waals surface area contributed by atoms with Gasteiger partial charge >= 0.3 is 0 Å². The molecule has 2 aromatic carbocycles. The van der Waals surface area contributed by atoms with Crippen LogP contribution in [0, 0.1) is 0 Å². The number of hydrogen-bond acceptors (Lipinski definition) is 7. The van der Waals surface area contributed by atoms with Gasteiger partial charge in [0.05, 0.1) is 28.9 Å². The maximum Gasteiger partial charge on any atom is 0.224 e. The number of anilines is 2. The number of halogens is 1. The number of nitrogens with one attached hydrogen (secondary N) is 2. The van der Waals surface area contributed by atoms with E-state index in [1.807, 2.05) is 66.9 Å². The fraction of sp³-hybridized carbons (Fsp3) is 0.240. The minimum absolute atomic E-state index is 0.0487. The molecule has 0 aliphatic heterocycles. The standard InChI is InChI=1S/C25H26ClN5OS/c1-16(2)28-25-27-14-23(33-25)22-13-21(19-10-6-7-11-20(19)26)30-24(31-22)29-18(15-32)12-17-8-4-3-5-9-17/h3-11,13-14,16,18,32H,12,15H2,1-2H3,(H,27,28)(H,29,30,31)/t18-/m0/s1. The predicted molar refractivity (Wildman–Crippen MR) is 137 cm³/mol. The van der Waals surface area contributed by atoms with E-state index in [1.54, 1.807) is 0 Å². The molecule has 170 valence electrons. The van der Waals surface area contributed by atoms with Crippen LogP contribution in [-0.4, -0.2) is 38.7 Å². The highest BCUT2D eigenvalue weighted by atomic mass is 35.5. The molecule has 0 amide bonds. The van der Waals surface area contributed by atoms with Gasteiger partial charge in [-0.25, -0.2) is 15.0 Å². The normalized spacial score (nSPS) is 12.0. The minimum atomic E-state index is -0.235.